The summed E-state index contributed by atoms with van der Waals surface area (Å²) in [5, 5.41) is 3.76. The summed E-state index contributed by atoms with van der Waals surface area (Å²) in [6.07, 6.45) is 0. The smallest absolute Gasteiger partial charge is 0.365 e. The summed E-state index contributed by atoms with van der Waals surface area (Å²) in [5.41, 5.74) is 15.0. The predicted molar refractivity (Wildman–Crippen MR) is 117 cm³/mol. The van der Waals surface area contributed by atoms with E-state index in [1.54, 1.807) is 36.4 Å². The van der Waals surface area contributed by atoms with Gasteiger partial charge in [-0.05, 0) is 60.5 Å². The number of halogens is 1. The van der Waals surface area contributed by atoms with Crippen LogP contribution in [0.2, 0.25) is 0 Å². The highest BCUT2D eigenvalue weighted by atomic mass is 79.9. The lowest BCUT2D eigenvalue weighted by Crippen LogP contribution is -2.17. The minimum absolute atomic E-state index is 0.0814. The van der Waals surface area contributed by atoms with E-state index in [4.69, 9.17) is 21.0 Å². The van der Waals surface area contributed by atoms with Gasteiger partial charge in [-0.2, -0.15) is 0 Å². The maximum absolute atomic E-state index is 12.3. The second-order valence-corrected chi connectivity index (χ2v) is 7.23. The molecule has 0 saturated carbocycles. The van der Waals surface area contributed by atoms with Crippen LogP contribution in [-0.4, -0.2) is 11.8 Å². The first-order valence-corrected chi connectivity index (χ1v) is 9.61. The van der Waals surface area contributed by atoms with Crippen molar-refractivity contribution in [2.24, 2.45) is 10.9 Å². The number of anilines is 1. The second-order valence-electron chi connectivity index (χ2n) is 6.32. The zero-order chi connectivity index (χ0) is 20.8. The number of carbonyl (C=O) groups excluding carboxylic acids is 1. The highest BCUT2D eigenvalue weighted by molar-refractivity contribution is 9.10. The average Bonchev–Trinajstić information content (AvgIpc) is 2.73. The molecule has 0 atom stereocenters. The summed E-state index contributed by atoms with van der Waals surface area (Å²) in [6.45, 7) is 2.14. The minimum atomic E-state index is -0.611. The highest BCUT2D eigenvalue weighted by Gasteiger charge is 2.11. The molecule has 3 aromatic rings. The second kappa shape index (κ2) is 9.25. The highest BCUT2D eigenvalue weighted by Crippen LogP contribution is 2.18. The van der Waals surface area contributed by atoms with Gasteiger partial charge >= 0.3 is 5.97 Å². The molecule has 0 aliphatic heterocycles. The van der Waals surface area contributed by atoms with Gasteiger partial charge in [-0.1, -0.05) is 45.4 Å². The Hall–Kier alpha value is -3.32. The van der Waals surface area contributed by atoms with Gasteiger partial charge in [-0.15, -0.1) is 0 Å². The summed E-state index contributed by atoms with van der Waals surface area (Å²) in [5.74, 6) is 0.203. The van der Waals surface area contributed by atoms with Crippen molar-refractivity contribution in [1.82, 2.24) is 0 Å². The van der Waals surface area contributed by atoms with Gasteiger partial charge < -0.3 is 21.0 Å². The van der Waals surface area contributed by atoms with Crippen molar-refractivity contribution in [3.8, 4) is 5.75 Å². The zero-order valence-electron chi connectivity index (χ0n) is 15.8. The molecule has 0 unspecified atom stereocenters. The van der Waals surface area contributed by atoms with Gasteiger partial charge in [0.05, 0.1) is 5.56 Å². The zero-order valence-corrected chi connectivity index (χ0v) is 17.3. The molecule has 0 aliphatic rings. The van der Waals surface area contributed by atoms with E-state index >= 15 is 0 Å². The Kier molecular flexibility index (Phi) is 6.51. The number of nitrogen functional groups attached to an aromatic ring is 1. The number of nitrogens with two attached hydrogens (primary N) is 2. The van der Waals surface area contributed by atoms with Crippen LogP contribution in [-0.2, 0) is 11.4 Å². The molecule has 148 valence electrons. The van der Waals surface area contributed by atoms with E-state index in [9.17, 15) is 4.79 Å². The van der Waals surface area contributed by atoms with Crippen LogP contribution in [0.25, 0.3) is 0 Å². The van der Waals surface area contributed by atoms with Gasteiger partial charge in [0.15, 0.2) is 5.84 Å². The molecule has 0 heterocycles. The Balaban J connectivity index is 1.65. The van der Waals surface area contributed by atoms with Crippen LogP contribution in [0, 0.1) is 6.92 Å². The van der Waals surface area contributed by atoms with E-state index in [-0.39, 0.29) is 5.84 Å². The summed E-state index contributed by atoms with van der Waals surface area (Å²) < 4.78 is 6.70. The lowest BCUT2D eigenvalue weighted by Gasteiger charge is -2.08. The van der Waals surface area contributed by atoms with Crippen LogP contribution in [0.4, 0.5) is 5.69 Å². The van der Waals surface area contributed by atoms with Gasteiger partial charge in [-0.25, -0.2) is 4.79 Å². The standard InChI is InChI=1S/C22H20BrN3O3/c1-14-19(6-3-7-20(14)24)21(25)26-29-22(27)16-5-2-4-15(12-16)13-28-18-10-8-17(23)9-11-18/h2-12H,13,24H2,1H3,(H2,25,26). The number of nitrogens with zero attached hydrogens (tertiary/aromatic N) is 1. The molecule has 0 aliphatic carbocycles. The maximum Gasteiger partial charge on any atom is 0.365 e. The van der Waals surface area contributed by atoms with E-state index in [0.29, 0.717) is 23.4 Å². The summed E-state index contributed by atoms with van der Waals surface area (Å²) in [4.78, 5) is 17.3. The van der Waals surface area contributed by atoms with Gasteiger partial charge in [-0.3, -0.25) is 0 Å². The van der Waals surface area contributed by atoms with E-state index < -0.39 is 5.97 Å². The first-order valence-electron chi connectivity index (χ1n) is 8.81. The van der Waals surface area contributed by atoms with Gasteiger partial charge in [0, 0.05) is 15.7 Å². The SMILES string of the molecule is Cc1c(N)cccc1/C(N)=N/OC(=O)c1cccc(COc2ccc(Br)cc2)c1. The molecule has 0 fully saturated rings. The summed E-state index contributed by atoms with van der Waals surface area (Å²) >= 11 is 3.38. The first-order chi connectivity index (χ1) is 13.9. The molecule has 0 radical (unpaired) electrons. The molecule has 3 rings (SSSR count). The number of benzene rings is 3. The van der Waals surface area contributed by atoms with Crippen LogP contribution in [0.5, 0.6) is 5.75 Å². The Bertz CT molecular complexity index is 1050. The lowest BCUT2D eigenvalue weighted by molar-refractivity contribution is 0.0516. The molecule has 0 saturated heterocycles. The van der Waals surface area contributed by atoms with Crippen molar-refractivity contribution >= 4 is 33.4 Å². The monoisotopic (exact) mass is 453 g/mol. The average molecular weight is 454 g/mol. The molecular weight excluding hydrogens is 434 g/mol. The number of amidine groups is 1. The van der Waals surface area contributed by atoms with Crippen molar-refractivity contribution in [1.29, 1.82) is 0 Å². The number of ether oxygens (including phenoxy) is 1. The number of rotatable bonds is 6. The van der Waals surface area contributed by atoms with Crippen LogP contribution < -0.4 is 16.2 Å². The molecule has 3 aromatic carbocycles. The summed E-state index contributed by atoms with van der Waals surface area (Å²) in [7, 11) is 0. The van der Waals surface area contributed by atoms with Crippen molar-refractivity contribution in [2.75, 3.05) is 5.73 Å². The van der Waals surface area contributed by atoms with Crippen LogP contribution in [0.3, 0.4) is 0 Å². The molecule has 0 bridgehead atoms. The lowest BCUT2D eigenvalue weighted by atomic mass is 10.1. The van der Waals surface area contributed by atoms with E-state index in [1.165, 1.54) is 0 Å². The van der Waals surface area contributed by atoms with Crippen molar-refractivity contribution in [3.63, 3.8) is 0 Å². The van der Waals surface area contributed by atoms with E-state index in [2.05, 4.69) is 21.1 Å². The molecule has 4 N–H and O–H groups in total. The Morgan fingerprint density at radius 1 is 1.07 bits per heavy atom. The van der Waals surface area contributed by atoms with E-state index in [1.807, 2.05) is 37.3 Å². The Labute approximate surface area is 177 Å². The third-order valence-electron chi connectivity index (χ3n) is 4.26. The predicted octanol–water partition coefficient (Wildman–Crippen LogP) is 4.40. The fourth-order valence-corrected chi connectivity index (χ4v) is 2.87. The molecular formula is C22H20BrN3O3. The van der Waals surface area contributed by atoms with Gasteiger partial charge in [0.2, 0.25) is 0 Å². The first kappa shape index (κ1) is 20.4. The fraction of sp³-hybridized carbons (Fsp3) is 0.0909. The molecule has 0 spiro atoms. The van der Waals surface area contributed by atoms with Crippen molar-refractivity contribution < 1.29 is 14.4 Å². The summed E-state index contributed by atoms with van der Waals surface area (Å²) in [6, 6.07) is 19.8. The third-order valence-corrected chi connectivity index (χ3v) is 4.79. The Morgan fingerprint density at radius 3 is 2.55 bits per heavy atom. The van der Waals surface area contributed by atoms with Gasteiger partial charge in [0.1, 0.15) is 12.4 Å². The third kappa shape index (κ3) is 5.36. The van der Waals surface area contributed by atoms with Crippen LogP contribution in [0.1, 0.15) is 27.0 Å². The quantitative estimate of drug-likeness (QED) is 0.189. The molecule has 0 aromatic heterocycles. The van der Waals surface area contributed by atoms with E-state index in [0.717, 1.165) is 21.3 Å². The largest absolute Gasteiger partial charge is 0.489 e. The van der Waals surface area contributed by atoms with Crippen LogP contribution >= 0.6 is 15.9 Å². The number of hydrogen-bond acceptors (Lipinski definition) is 5. The normalized spacial score (nSPS) is 11.2. The topological polar surface area (TPSA) is 99.9 Å². The Morgan fingerprint density at radius 2 is 1.79 bits per heavy atom. The number of hydrogen-bond donors (Lipinski definition) is 2. The van der Waals surface area contributed by atoms with Crippen molar-refractivity contribution in [3.05, 3.63) is 93.5 Å². The van der Waals surface area contributed by atoms with Crippen LogP contribution in [0.15, 0.2) is 76.4 Å². The molecule has 7 heteroatoms. The van der Waals surface area contributed by atoms with Gasteiger partial charge in [0.25, 0.3) is 0 Å². The fourth-order valence-electron chi connectivity index (χ4n) is 2.61. The minimum Gasteiger partial charge on any atom is -0.489 e. The molecule has 29 heavy (non-hydrogen) atoms. The molecule has 0 amide bonds. The number of oxime groups is 1. The maximum atomic E-state index is 12.3. The van der Waals surface area contributed by atoms with Crippen molar-refractivity contribution in [2.45, 2.75) is 13.5 Å². The number of carbonyl (C=O) groups is 1. The molecule has 6 nitrogen and oxygen atoms in total.